The molecule has 2 aliphatic heterocycles. The van der Waals surface area contributed by atoms with Crippen molar-refractivity contribution in [2.75, 3.05) is 6.54 Å². The fourth-order valence-corrected chi connectivity index (χ4v) is 5.08. The number of fused-ring (bicyclic) bond motifs is 2. The molecule has 0 N–H and O–H groups in total. The lowest BCUT2D eigenvalue weighted by Gasteiger charge is -2.48. The van der Waals surface area contributed by atoms with Gasteiger partial charge in [-0.3, -0.25) is 9.69 Å². The Morgan fingerprint density at radius 2 is 1.96 bits per heavy atom. The van der Waals surface area contributed by atoms with E-state index in [0.29, 0.717) is 0 Å². The molecule has 0 bridgehead atoms. The topological polar surface area (TPSA) is 29.5 Å². The maximum Gasteiger partial charge on any atom is 0.326 e. The minimum absolute atomic E-state index is 0.0201. The molecule has 3 aliphatic rings. The van der Waals surface area contributed by atoms with Crippen molar-refractivity contribution in [3.05, 3.63) is 72.9 Å². The van der Waals surface area contributed by atoms with Crippen molar-refractivity contribution in [1.82, 2.24) is 4.90 Å². The Hall–Kier alpha value is -2.13. The highest BCUT2D eigenvalue weighted by Crippen LogP contribution is 2.48. The highest BCUT2D eigenvalue weighted by molar-refractivity contribution is 5.83. The lowest BCUT2D eigenvalue weighted by molar-refractivity contribution is -0.185. The smallest absolute Gasteiger partial charge is 0.326 e. The summed E-state index contributed by atoms with van der Waals surface area (Å²) in [5.74, 6) is 0.181. The van der Waals surface area contributed by atoms with Crippen LogP contribution in [0, 0.1) is 5.92 Å². The zero-order chi connectivity index (χ0) is 18.1. The Kier molecular flexibility index (Phi) is 4.58. The van der Waals surface area contributed by atoms with Gasteiger partial charge in [0.05, 0.1) is 6.04 Å². The van der Waals surface area contributed by atoms with E-state index < -0.39 is 5.54 Å². The third-order valence-corrected chi connectivity index (χ3v) is 6.31. The average molecular weight is 349 g/mol. The summed E-state index contributed by atoms with van der Waals surface area (Å²) in [7, 11) is 0. The third kappa shape index (κ3) is 2.75. The van der Waals surface area contributed by atoms with Crippen LogP contribution in [0.1, 0.15) is 31.2 Å². The van der Waals surface area contributed by atoms with E-state index >= 15 is 0 Å². The van der Waals surface area contributed by atoms with Gasteiger partial charge in [-0.05, 0) is 18.4 Å². The molecule has 2 saturated heterocycles. The molecule has 3 fully saturated rings. The van der Waals surface area contributed by atoms with Gasteiger partial charge in [0.25, 0.3) is 0 Å². The SMILES string of the molecule is C=C/C=C/[C@@H]1C(=C)CN2[C@H]1[C@H](Cc1ccccc1)OC(=O)C21CCCC1. The standard InChI is InChI=1S/C23H27NO2/c1-3-4-12-19-17(2)16-24-21(19)20(15-18-10-6-5-7-11-18)26-22(25)23(24)13-8-9-14-23/h3-7,10-12,19-21H,1-2,8-9,13-16H2/b12-4+/t19-,20+,21-/m1/s1. The van der Waals surface area contributed by atoms with Gasteiger partial charge in [-0.15, -0.1) is 0 Å². The predicted octanol–water partition coefficient (Wildman–Crippen LogP) is 4.07. The number of hydrogen-bond acceptors (Lipinski definition) is 3. The molecule has 3 nitrogen and oxygen atoms in total. The minimum Gasteiger partial charge on any atom is -0.459 e. The van der Waals surface area contributed by atoms with Crippen LogP contribution in [0.5, 0.6) is 0 Å². The summed E-state index contributed by atoms with van der Waals surface area (Å²) in [6.07, 6.45) is 10.6. The quantitative estimate of drug-likeness (QED) is 0.466. The third-order valence-electron chi connectivity index (χ3n) is 6.31. The molecule has 1 saturated carbocycles. The van der Waals surface area contributed by atoms with Crippen LogP contribution in [-0.2, 0) is 16.0 Å². The van der Waals surface area contributed by atoms with E-state index in [4.69, 9.17) is 4.74 Å². The molecule has 1 aromatic carbocycles. The van der Waals surface area contributed by atoms with Crippen molar-refractivity contribution < 1.29 is 9.53 Å². The Morgan fingerprint density at radius 3 is 2.65 bits per heavy atom. The summed E-state index contributed by atoms with van der Waals surface area (Å²) in [5, 5.41) is 0. The fourth-order valence-electron chi connectivity index (χ4n) is 5.08. The first-order chi connectivity index (χ1) is 12.7. The number of benzene rings is 1. The number of hydrogen-bond donors (Lipinski definition) is 0. The second kappa shape index (κ2) is 6.88. The van der Waals surface area contributed by atoms with Gasteiger partial charge in [0.15, 0.2) is 0 Å². The lowest BCUT2D eigenvalue weighted by atomic mass is 9.84. The molecule has 0 amide bonds. The summed E-state index contributed by atoms with van der Waals surface area (Å²) in [5.41, 5.74) is 1.95. The largest absolute Gasteiger partial charge is 0.459 e. The number of ether oxygens (including phenoxy) is 1. The highest BCUT2D eigenvalue weighted by Gasteiger charge is 2.59. The molecule has 0 aromatic heterocycles. The van der Waals surface area contributed by atoms with E-state index in [1.807, 2.05) is 30.4 Å². The average Bonchev–Trinajstić information content (AvgIpc) is 3.25. The van der Waals surface area contributed by atoms with Crippen LogP contribution < -0.4 is 0 Å². The number of rotatable bonds is 4. The lowest BCUT2D eigenvalue weighted by Crippen LogP contribution is -2.65. The van der Waals surface area contributed by atoms with E-state index in [2.05, 4.69) is 36.3 Å². The molecule has 26 heavy (non-hydrogen) atoms. The number of carbonyl (C=O) groups excluding carboxylic acids is 1. The summed E-state index contributed by atoms with van der Waals surface area (Å²) in [4.78, 5) is 15.5. The second-order valence-corrected chi connectivity index (χ2v) is 7.80. The van der Waals surface area contributed by atoms with Crippen LogP contribution in [0.15, 0.2) is 67.3 Å². The van der Waals surface area contributed by atoms with Gasteiger partial charge in [-0.1, -0.05) is 80.1 Å². The highest BCUT2D eigenvalue weighted by atomic mass is 16.6. The van der Waals surface area contributed by atoms with Gasteiger partial charge in [0.2, 0.25) is 0 Å². The first-order valence-electron chi connectivity index (χ1n) is 9.64. The maximum atomic E-state index is 13.1. The first kappa shape index (κ1) is 17.3. The molecule has 1 aromatic rings. The van der Waals surface area contributed by atoms with Gasteiger partial charge >= 0.3 is 5.97 Å². The first-order valence-corrected chi connectivity index (χ1v) is 9.64. The molecule has 1 aliphatic carbocycles. The molecule has 4 rings (SSSR count). The van der Waals surface area contributed by atoms with Crippen LogP contribution in [0.2, 0.25) is 0 Å². The number of carbonyl (C=O) groups is 1. The maximum absolute atomic E-state index is 13.1. The van der Waals surface area contributed by atoms with Crippen LogP contribution in [0.3, 0.4) is 0 Å². The van der Waals surface area contributed by atoms with Crippen molar-refractivity contribution >= 4 is 5.97 Å². The van der Waals surface area contributed by atoms with Gasteiger partial charge in [0.1, 0.15) is 11.6 Å². The van der Waals surface area contributed by atoms with Crippen LogP contribution in [-0.4, -0.2) is 35.1 Å². The second-order valence-electron chi connectivity index (χ2n) is 7.80. The van der Waals surface area contributed by atoms with Crippen molar-refractivity contribution in [3.63, 3.8) is 0 Å². The zero-order valence-corrected chi connectivity index (χ0v) is 15.3. The number of nitrogens with zero attached hydrogens (tertiary/aromatic N) is 1. The molecule has 1 spiro atoms. The summed E-state index contributed by atoms with van der Waals surface area (Å²) >= 11 is 0. The van der Waals surface area contributed by atoms with Gasteiger partial charge in [-0.2, -0.15) is 0 Å². The van der Waals surface area contributed by atoms with Crippen LogP contribution in [0.4, 0.5) is 0 Å². The molecular weight excluding hydrogens is 322 g/mol. The van der Waals surface area contributed by atoms with E-state index in [1.165, 1.54) is 11.1 Å². The van der Waals surface area contributed by atoms with Crippen molar-refractivity contribution in [2.45, 2.75) is 49.8 Å². The van der Waals surface area contributed by atoms with E-state index in [0.717, 1.165) is 38.6 Å². The van der Waals surface area contributed by atoms with E-state index in [1.54, 1.807) is 0 Å². The van der Waals surface area contributed by atoms with Crippen molar-refractivity contribution in [2.24, 2.45) is 5.92 Å². The zero-order valence-electron chi connectivity index (χ0n) is 15.3. The van der Waals surface area contributed by atoms with Gasteiger partial charge < -0.3 is 4.74 Å². The Bertz CT molecular complexity index is 730. The summed E-state index contributed by atoms with van der Waals surface area (Å²) < 4.78 is 6.12. The molecule has 136 valence electrons. The molecule has 3 heteroatoms. The Morgan fingerprint density at radius 1 is 1.23 bits per heavy atom. The number of morpholine rings is 1. The Labute approximate surface area is 156 Å². The summed E-state index contributed by atoms with van der Waals surface area (Å²) in [6, 6.07) is 10.5. The van der Waals surface area contributed by atoms with E-state index in [9.17, 15) is 4.79 Å². The molecule has 0 unspecified atom stereocenters. The van der Waals surface area contributed by atoms with Gasteiger partial charge in [-0.25, -0.2) is 0 Å². The minimum atomic E-state index is -0.433. The van der Waals surface area contributed by atoms with E-state index in [-0.39, 0.29) is 24.0 Å². The Balaban J connectivity index is 1.70. The molecule has 0 radical (unpaired) electrons. The summed E-state index contributed by atoms with van der Waals surface area (Å²) in [6.45, 7) is 8.93. The van der Waals surface area contributed by atoms with Gasteiger partial charge in [0, 0.05) is 18.9 Å². The number of esters is 1. The monoisotopic (exact) mass is 349 g/mol. The van der Waals surface area contributed by atoms with Crippen LogP contribution in [0.25, 0.3) is 0 Å². The molecule has 2 heterocycles. The van der Waals surface area contributed by atoms with Crippen molar-refractivity contribution in [1.29, 1.82) is 0 Å². The van der Waals surface area contributed by atoms with Crippen LogP contribution >= 0.6 is 0 Å². The number of allylic oxidation sites excluding steroid dienone is 2. The van der Waals surface area contributed by atoms with Crippen molar-refractivity contribution in [3.8, 4) is 0 Å². The predicted molar refractivity (Wildman–Crippen MR) is 104 cm³/mol. The fraction of sp³-hybridized carbons (Fsp3) is 0.435. The molecular formula is C23H27NO2. The normalized spacial score (nSPS) is 30.7. The number of cyclic esters (lactones) is 1. The molecule has 3 atom stereocenters.